The summed E-state index contributed by atoms with van der Waals surface area (Å²) in [5, 5.41) is 0. The first-order valence-corrected chi connectivity index (χ1v) is 10.0. The average molecular weight is 468 g/mol. The van der Waals surface area contributed by atoms with E-state index in [1.165, 1.54) is 26.9 Å². The minimum absolute atomic E-state index is 0.263. The molecule has 168 valence electrons. The van der Waals surface area contributed by atoms with Gasteiger partial charge in [0.25, 0.3) is 0 Å². The van der Waals surface area contributed by atoms with Gasteiger partial charge in [-0.1, -0.05) is 6.07 Å². The summed E-state index contributed by atoms with van der Waals surface area (Å²) in [4.78, 5) is 23.2. The van der Waals surface area contributed by atoms with Crippen molar-refractivity contribution in [3.8, 4) is 17.2 Å². The lowest BCUT2D eigenvalue weighted by molar-refractivity contribution is -0.391. The van der Waals surface area contributed by atoms with Gasteiger partial charge in [0.15, 0.2) is 16.3 Å². The molecule has 12 heteroatoms. The van der Waals surface area contributed by atoms with Gasteiger partial charge in [0, 0.05) is 43.1 Å². The van der Waals surface area contributed by atoms with Gasteiger partial charge in [-0.05, 0) is 30.7 Å². The second-order valence-corrected chi connectivity index (χ2v) is 8.19. The number of alkyl halides is 4. The number of fused-ring (bicyclic) bond motifs is 1. The highest BCUT2D eigenvalue weighted by molar-refractivity contribution is 7.09. The van der Waals surface area contributed by atoms with Crippen molar-refractivity contribution in [2.45, 2.75) is 25.7 Å². The molecule has 1 aliphatic rings. The first kappa shape index (κ1) is 21.8. The first-order chi connectivity index (χ1) is 15.1. The monoisotopic (exact) mass is 468 g/mol. The molecule has 0 bridgehead atoms. The molecule has 0 radical (unpaired) electrons. The lowest BCUT2D eigenvalue weighted by Crippen LogP contribution is -2.52. The Morgan fingerprint density at radius 2 is 1.91 bits per heavy atom. The van der Waals surface area contributed by atoms with Crippen molar-refractivity contribution >= 4 is 17.4 Å². The van der Waals surface area contributed by atoms with E-state index in [-0.39, 0.29) is 17.0 Å². The van der Waals surface area contributed by atoms with Crippen LogP contribution in [0.2, 0.25) is 0 Å². The molecule has 0 spiro atoms. The number of aromatic nitrogens is 2. The number of aryl methyl sites for hydroxylation is 1. The van der Waals surface area contributed by atoms with Crippen LogP contribution in [0.4, 0.5) is 22.4 Å². The number of urea groups is 1. The zero-order valence-electron chi connectivity index (χ0n) is 16.8. The van der Waals surface area contributed by atoms with E-state index in [2.05, 4.69) is 19.5 Å². The summed E-state index contributed by atoms with van der Waals surface area (Å²) in [6.07, 6.45) is -4.73. The van der Waals surface area contributed by atoms with Crippen molar-refractivity contribution in [3.63, 3.8) is 0 Å². The molecule has 3 heterocycles. The fraction of sp³-hybridized carbons (Fsp3) is 0.250. The highest BCUT2D eigenvalue weighted by Gasteiger charge is 2.65. The van der Waals surface area contributed by atoms with Crippen LogP contribution in [0.3, 0.4) is 0 Å². The van der Waals surface area contributed by atoms with E-state index in [1.807, 2.05) is 6.07 Å². The smallest absolute Gasteiger partial charge is 0.421 e. The number of carbonyl (C=O) groups is 1. The molecule has 0 N–H and O–H groups in total. The van der Waals surface area contributed by atoms with Crippen molar-refractivity contribution in [2.24, 2.45) is 4.99 Å². The van der Waals surface area contributed by atoms with Crippen LogP contribution in [0.1, 0.15) is 10.4 Å². The summed E-state index contributed by atoms with van der Waals surface area (Å²) in [6, 6.07) is 6.62. The quantitative estimate of drug-likeness (QED) is 0.536. The number of carbonyl (C=O) groups excluding carboxylic acids is 1. The van der Waals surface area contributed by atoms with Gasteiger partial charge in [0.05, 0.1) is 5.69 Å². The first-order valence-electron chi connectivity index (χ1n) is 9.22. The van der Waals surface area contributed by atoms with E-state index >= 15 is 0 Å². The molecule has 4 rings (SSSR count). The van der Waals surface area contributed by atoms with Crippen molar-refractivity contribution in [1.29, 1.82) is 0 Å². The summed E-state index contributed by atoms with van der Waals surface area (Å²) >= 11 is 1.19. The average Bonchev–Trinajstić information content (AvgIpc) is 3.08. The number of benzene rings is 1. The predicted molar refractivity (Wildman–Crippen MR) is 106 cm³/mol. The van der Waals surface area contributed by atoms with E-state index < -0.39 is 29.7 Å². The van der Waals surface area contributed by atoms with Gasteiger partial charge in [-0.15, -0.1) is 11.3 Å². The minimum Gasteiger partial charge on any atom is -0.421 e. The number of nitrogens with zero attached hydrogens (tertiary/aromatic N) is 4. The van der Waals surface area contributed by atoms with Crippen LogP contribution in [0.25, 0.3) is 5.69 Å². The summed E-state index contributed by atoms with van der Waals surface area (Å²) in [7, 11) is 1.58. The van der Waals surface area contributed by atoms with Gasteiger partial charge < -0.3 is 14.4 Å². The zero-order valence-corrected chi connectivity index (χ0v) is 17.6. The highest BCUT2D eigenvalue weighted by Crippen LogP contribution is 2.47. The number of thiazole rings is 1. The number of ether oxygens (including phenoxy) is 2. The Hall–Kier alpha value is -3.41. The minimum atomic E-state index is -4.83. The molecule has 0 aliphatic carbocycles. The Morgan fingerprint density at radius 3 is 2.59 bits per heavy atom. The molecule has 0 saturated heterocycles. The Bertz CT molecular complexity index is 1230. The fourth-order valence-electron chi connectivity index (χ4n) is 2.92. The molecular weight excluding hydrogens is 452 g/mol. The number of hydrogen-bond acceptors (Lipinski definition) is 5. The second-order valence-electron chi connectivity index (χ2n) is 6.97. The molecule has 1 aromatic carbocycles. The highest BCUT2D eigenvalue weighted by atomic mass is 32.1. The molecule has 0 fully saturated rings. The van der Waals surface area contributed by atoms with Crippen LogP contribution < -0.4 is 14.3 Å². The van der Waals surface area contributed by atoms with Crippen LogP contribution >= 0.6 is 11.3 Å². The second kappa shape index (κ2) is 7.93. The summed E-state index contributed by atoms with van der Waals surface area (Å²) in [5.41, 5.74) is 1.09. The number of amides is 2. The molecule has 0 atom stereocenters. The van der Waals surface area contributed by atoms with Crippen LogP contribution in [-0.2, 0) is 6.54 Å². The third kappa shape index (κ3) is 4.17. The van der Waals surface area contributed by atoms with Gasteiger partial charge in [-0.25, -0.2) is 4.79 Å². The van der Waals surface area contributed by atoms with Crippen molar-refractivity contribution in [2.75, 3.05) is 7.05 Å². The third-order valence-corrected chi connectivity index (χ3v) is 5.35. The number of rotatable bonds is 3. The Balaban J connectivity index is 1.65. The van der Waals surface area contributed by atoms with Crippen LogP contribution in [-0.4, -0.2) is 39.7 Å². The predicted octanol–water partition coefficient (Wildman–Crippen LogP) is 4.35. The van der Waals surface area contributed by atoms with Crippen LogP contribution in [0.15, 0.2) is 53.9 Å². The Morgan fingerprint density at radius 1 is 1.19 bits per heavy atom. The molecule has 2 aromatic heterocycles. The van der Waals surface area contributed by atoms with Crippen LogP contribution in [0, 0.1) is 6.92 Å². The van der Waals surface area contributed by atoms with E-state index in [0.717, 1.165) is 22.6 Å². The van der Waals surface area contributed by atoms with Crippen molar-refractivity contribution in [1.82, 2.24) is 14.5 Å². The molecule has 0 unspecified atom stereocenters. The van der Waals surface area contributed by atoms with Crippen molar-refractivity contribution in [3.05, 3.63) is 64.2 Å². The Kier molecular flexibility index (Phi) is 5.41. The van der Waals surface area contributed by atoms with E-state index in [4.69, 9.17) is 0 Å². The molecule has 1 aliphatic heterocycles. The zero-order chi connectivity index (χ0) is 23.1. The molecular formula is C20H16F4N4O3S. The Labute approximate surface area is 183 Å². The van der Waals surface area contributed by atoms with Gasteiger partial charge in [0.2, 0.25) is 0 Å². The van der Waals surface area contributed by atoms with E-state index in [0.29, 0.717) is 0 Å². The molecule has 0 saturated carbocycles. The summed E-state index contributed by atoms with van der Waals surface area (Å²) < 4.78 is 63.6. The standard InChI is InChI=1S/C20H16F4N4O3S/c1-12-10-28(14-5-6-15-16(8-14)31-20(23,24)19(21,22)30-15)18(32-12)26-17(29)27(2)11-13-4-3-7-25-9-13/h3-10H,11H2,1-2H3. The maximum atomic E-state index is 13.5. The lowest BCUT2D eigenvalue weighted by Gasteiger charge is -2.31. The SMILES string of the molecule is Cc1cn(-c2ccc3c(c2)OC(F)(F)C(F)(F)O3)c(=NC(=O)N(C)Cc2cccnc2)s1. The molecule has 3 aromatic rings. The summed E-state index contributed by atoms with van der Waals surface area (Å²) in [6.45, 7) is 2.06. The maximum Gasteiger partial charge on any atom is 0.507 e. The molecule has 32 heavy (non-hydrogen) atoms. The largest absolute Gasteiger partial charge is 0.507 e. The topological polar surface area (TPSA) is 69.0 Å². The third-order valence-electron chi connectivity index (χ3n) is 4.45. The van der Waals surface area contributed by atoms with Crippen molar-refractivity contribution < 1.29 is 31.8 Å². The lowest BCUT2D eigenvalue weighted by atomic mass is 10.2. The fourth-order valence-corrected chi connectivity index (χ4v) is 3.75. The van der Waals surface area contributed by atoms with E-state index in [9.17, 15) is 22.4 Å². The van der Waals surface area contributed by atoms with Gasteiger partial charge >= 0.3 is 18.2 Å². The normalized spacial score (nSPS) is 16.6. The van der Waals surface area contributed by atoms with Gasteiger partial charge in [0.1, 0.15) is 0 Å². The van der Waals surface area contributed by atoms with Gasteiger partial charge in [-0.3, -0.25) is 9.55 Å². The number of pyridine rings is 1. The van der Waals surface area contributed by atoms with Gasteiger partial charge in [-0.2, -0.15) is 22.6 Å². The summed E-state index contributed by atoms with van der Waals surface area (Å²) in [5.74, 6) is -1.08. The van der Waals surface area contributed by atoms with E-state index in [1.54, 1.807) is 38.6 Å². The van der Waals surface area contributed by atoms with Crippen LogP contribution in [0.5, 0.6) is 11.5 Å². The molecule has 2 amide bonds. The number of hydrogen-bond donors (Lipinski definition) is 0. The molecule has 7 nitrogen and oxygen atoms in total. The maximum absolute atomic E-state index is 13.5. The number of halogens is 4.